The van der Waals surface area contributed by atoms with Gasteiger partial charge in [-0.1, -0.05) is 36.4 Å². The highest BCUT2D eigenvalue weighted by atomic mass is 16.5. The molecule has 1 aliphatic heterocycles. The van der Waals surface area contributed by atoms with Crippen LogP contribution in [-0.4, -0.2) is 39.1 Å². The SMILES string of the molecule is CC(=O)Nc1ccc(OCC(=O)N2N=C(c3nc4ccccc4[nH]3)CC2c2ccccc2C)cc1. The Kier molecular flexibility index (Phi) is 6.01. The van der Waals surface area contributed by atoms with Crippen LogP contribution < -0.4 is 10.1 Å². The molecule has 3 aromatic carbocycles. The number of H-pyrrole nitrogens is 1. The van der Waals surface area contributed by atoms with Gasteiger partial charge in [-0.15, -0.1) is 0 Å². The lowest BCUT2D eigenvalue weighted by Gasteiger charge is -2.23. The molecule has 0 bridgehead atoms. The zero-order valence-corrected chi connectivity index (χ0v) is 19.5. The second kappa shape index (κ2) is 9.42. The Morgan fingerprint density at radius 3 is 2.54 bits per heavy atom. The molecule has 2 N–H and O–H groups in total. The molecule has 2 amide bonds. The maximum atomic E-state index is 13.3. The van der Waals surface area contributed by atoms with Gasteiger partial charge in [0.2, 0.25) is 5.91 Å². The number of aryl methyl sites for hydroxylation is 1. The molecule has 1 unspecified atom stereocenters. The van der Waals surface area contributed by atoms with Gasteiger partial charge in [0, 0.05) is 19.0 Å². The predicted molar refractivity (Wildman–Crippen MR) is 134 cm³/mol. The number of fused-ring (bicyclic) bond motifs is 1. The van der Waals surface area contributed by atoms with Crippen LogP contribution in [0.2, 0.25) is 0 Å². The van der Waals surface area contributed by atoms with Crippen molar-refractivity contribution in [2.45, 2.75) is 26.3 Å². The Bertz CT molecular complexity index is 1390. The molecule has 0 fully saturated rings. The first-order valence-electron chi connectivity index (χ1n) is 11.4. The number of hydrazone groups is 1. The quantitative estimate of drug-likeness (QED) is 0.433. The van der Waals surface area contributed by atoms with Gasteiger partial charge >= 0.3 is 0 Å². The van der Waals surface area contributed by atoms with Crippen molar-refractivity contribution in [2.75, 3.05) is 11.9 Å². The third-order valence-electron chi connectivity index (χ3n) is 5.91. The number of imidazole rings is 1. The number of amides is 2. The van der Waals surface area contributed by atoms with Gasteiger partial charge in [-0.2, -0.15) is 5.10 Å². The summed E-state index contributed by atoms with van der Waals surface area (Å²) in [6.07, 6.45) is 0.543. The lowest BCUT2D eigenvalue weighted by molar-refractivity contribution is -0.135. The third kappa shape index (κ3) is 4.77. The minimum atomic E-state index is -0.254. The van der Waals surface area contributed by atoms with Crippen LogP contribution in [0.1, 0.15) is 36.3 Å². The lowest BCUT2D eigenvalue weighted by Crippen LogP contribution is -2.31. The number of ether oxygens (including phenoxy) is 1. The van der Waals surface area contributed by atoms with Gasteiger partial charge in [-0.3, -0.25) is 9.59 Å². The first-order valence-corrected chi connectivity index (χ1v) is 11.4. The van der Waals surface area contributed by atoms with Crippen molar-refractivity contribution < 1.29 is 14.3 Å². The van der Waals surface area contributed by atoms with Crippen LogP contribution in [0, 0.1) is 6.92 Å². The second-order valence-corrected chi connectivity index (χ2v) is 8.46. The van der Waals surface area contributed by atoms with Crippen molar-refractivity contribution in [2.24, 2.45) is 5.10 Å². The van der Waals surface area contributed by atoms with Crippen LogP contribution in [-0.2, 0) is 9.59 Å². The van der Waals surface area contributed by atoms with E-state index in [1.54, 1.807) is 24.3 Å². The van der Waals surface area contributed by atoms with Crippen LogP contribution >= 0.6 is 0 Å². The number of rotatable bonds is 6. The first-order chi connectivity index (χ1) is 17.0. The van der Waals surface area contributed by atoms with Gasteiger partial charge < -0.3 is 15.0 Å². The highest BCUT2D eigenvalue weighted by Gasteiger charge is 2.35. The third-order valence-corrected chi connectivity index (χ3v) is 5.91. The van der Waals surface area contributed by atoms with Crippen molar-refractivity contribution in [1.82, 2.24) is 15.0 Å². The first kappa shape index (κ1) is 22.3. The number of hydrogen-bond donors (Lipinski definition) is 2. The number of anilines is 1. The van der Waals surface area contributed by atoms with Crippen LogP contribution in [0.25, 0.3) is 11.0 Å². The van der Waals surface area contributed by atoms with Gasteiger partial charge in [0.1, 0.15) is 11.5 Å². The van der Waals surface area contributed by atoms with E-state index in [2.05, 4.69) is 15.3 Å². The molecule has 1 aromatic heterocycles. The van der Waals surface area contributed by atoms with Gasteiger partial charge in [0.05, 0.1) is 17.1 Å². The van der Waals surface area contributed by atoms with E-state index in [9.17, 15) is 9.59 Å². The molecule has 0 aliphatic carbocycles. The summed E-state index contributed by atoms with van der Waals surface area (Å²) in [5.74, 6) is 0.786. The number of aromatic amines is 1. The fraction of sp³-hybridized carbons (Fsp3) is 0.185. The Morgan fingerprint density at radius 1 is 1.06 bits per heavy atom. The molecule has 8 nitrogen and oxygen atoms in total. The number of nitrogens with zero attached hydrogens (tertiary/aromatic N) is 3. The largest absolute Gasteiger partial charge is 0.484 e. The van der Waals surface area contributed by atoms with Crippen molar-refractivity contribution in [1.29, 1.82) is 0 Å². The number of benzene rings is 3. The van der Waals surface area contributed by atoms with E-state index >= 15 is 0 Å². The Morgan fingerprint density at radius 2 is 1.80 bits per heavy atom. The summed E-state index contributed by atoms with van der Waals surface area (Å²) in [7, 11) is 0. The van der Waals surface area contributed by atoms with Crippen molar-refractivity contribution in [3.63, 3.8) is 0 Å². The van der Waals surface area contributed by atoms with Crippen LogP contribution in [0.4, 0.5) is 5.69 Å². The predicted octanol–water partition coefficient (Wildman–Crippen LogP) is 4.59. The molecule has 5 rings (SSSR count). The molecule has 2 heterocycles. The molecule has 1 atom stereocenters. The summed E-state index contributed by atoms with van der Waals surface area (Å²) in [6, 6.07) is 22.4. The molecular weight excluding hydrogens is 442 g/mol. The van der Waals surface area contributed by atoms with Gasteiger partial charge in [0.25, 0.3) is 5.91 Å². The average molecular weight is 468 g/mol. The van der Waals surface area contributed by atoms with Gasteiger partial charge in [-0.25, -0.2) is 9.99 Å². The fourth-order valence-electron chi connectivity index (χ4n) is 4.22. The molecule has 4 aromatic rings. The molecule has 35 heavy (non-hydrogen) atoms. The lowest BCUT2D eigenvalue weighted by atomic mass is 9.97. The molecule has 0 saturated heterocycles. The Hall–Kier alpha value is -4.46. The number of aromatic nitrogens is 2. The van der Waals surface area contributed by atoms with E-state index in [0.29, 0.717) is 23.7 Å². The smallest absolute Gasteiger partial charge is 0.281 e. The van der Waals surface area contributed by atoms with Gasteiger partial charge in [-0.05, 0) is 54.4 Å². The summed E-state index contributed by atoms with van der Waals surface area (Å²) >= 11 is 0. The van der Waals surface area contributed by atoms with Crippen LogP contribution in [0.5, 0.6) is 5.75 Å². The van der Waals surface area contributed by atoms with E-state index in [0.717, 1.165) is 27.9 Å². The summed E-state index contributed by atoms with van der Waals surface area (Å²) in [5.41, 5.74) is 5.29. The number of carbonyl (C=O) groups excluding carboxylic acids is 2. The van der Waals surface area contributed by atoms with Crippen LogP contribution in [0.15, 0.2) is 77.9 Å². The summed E-state index contributed by atoms with van der Waals surface area (Å²) in [4.78, 5) is 32.5. The standard InChI is InChI=1S/C27H25N5O3/c1-17-7-3-4-8-21(17)25-15-24(27-29-22-9-5-6-10-23(22)30-27)31-32(25)26(34)16-35-20-13-11-19(12-14-20)28-18(2)33/h3-14,25H,15-16H2,1-2H3,(H,28,33)(H,29,30). The monoisotopic (exact) mass is 467 g/mol. The van der Waals surface area contributed by atoms with E-state index in [4.69, 9.17) is 9.84 Å². The molecule has 0 spiro atoms. The van der Waals surface area contributed by atoms with E-state index in [-0.39, 0.29) is 24.5 Å². The number of hydrogen-bond acceptors (Lipinski definition) is 5. The van der Waals surface area contributed by atoms with Crippen molar-refractivity contribution in [3.05, 3.63) is 89.7 Å². The second-order valence-electron chi connectivity index (χ2n) is 8.46. The zero-order valence-electron chi connectivity index (χ0n) is 19.5. The molecular formula is C27H25N5O3. The number of nitrogens with one attached hydrogen (secondary N) is 2. The maximum absolute atomic E-state index is 13.3. The molecule has 8 heteroatoms. The van der Waals surface area contributed by atoms with E-state index < -0.39 is 0 Å². The molecule has 0 radical (unpaired) electrons. The topological polar surface area (TPSA) is 99.7 Å². The highest BCUT2D eigenvalue weighted by molar-refractivity contribution is 6.02. The Balaban J connectivity index is 1.38. The van der Waals surface area contributed by atoms with Crippen molar-refractivity contribution >= 4 is 34.2 Å². The molecule has 1 aliphatic rings. The van der Waals surface area contributed by atoms with Crippen LogP contribution in [0.3, 0.4) is 0 Å². The Labute approximate surface area is 202 Å². The highest BCUT2D eigenvalue weighted by Crippen LogP contribution is 2.34. The zero-order chi connectivity index (χ0) is 24.4. The average Bonchev–Trinajstić information content (AvgIpc) is 3.48. The molecule has 176 valence electrons. The fourth-order valence-corrected chi connectivity index (χ4v) is 4.22. The van der Waals surface area contributed by atoms with Crippen molar-refractivity contribution in [3.8, 4) is 5.75 Å². The number of para-hydroxylation sites is 2. The summed E-state index contributed by atoms with van der Waals surface area (Å²) in [5, 5.41) is 8.91. The van der Waals surface area contributed by atoms with Gasteiger partial charge in [0.15, 0.2) is 12.4 Å². The molecule has 0 saturated carbocycles. The summed E-state index contributed by atoms with van der Waals surface area (Å²) < 4.78 is 5.75. The maximum Gasteiger partial charge on any atom is 0.281 e. The van der Waals surface area contributed by atoms with E-state index in [1.165, 1.54) is 11.9 Å². The number of carbonyl (C=O) groups is 2. The normalized spacial score (nSPS) is 15.2. The summed E-state index contributed by atoms with van der Waals surface area (Å²) in [6.45, 7) is 3.31. The minimum absolute atomic E-state index is 0.150. The van der Waals surface area contributed by atoms with E-state index in [1.807, 2.05) is 55.5 Å². The minimum Gasteiger partial charge on any atom is -0.484 e.